The molecule has 0 bridgehead atoms. The van der Waals surface area contributed by atoms with Gasteiger partial charge in [-0.3, -0.25) is 4.57 Å². The Morgan fingerprint density at radius 2 is 2.28 bits per heavy atom. The summed E-state index contributed by atoms with van der Waals surface area (Å²) in [6.45, 7) is 1.96. The average molecular weight is 247 g/mol. The molecule has 0 radical (unpaired) electrons. The Labute approximate surface area is 104 Å². The second-order valence-electron chi connectivity index (χ2n) is 3.66. The molecule has 1 aromatic carbocycles. The van der Waals surface area contributed by atoms with E-state index in [1.807, 2.05) is 6.92 Å². The number of aryl methyl sites for hydroxylation is 1. The standard InChI is InChI=1S/C12H13N3O3/c1-3-11-14-13-7-15(11)8-4-5-10(18-2)9(6-8)12(16)17/h4-7H,3H2,1-2H3,(H,16,17). The van der Waals surface area contributed by atoms with E-state index < -0.39 is 5.97 Å². The van der Waals surface area contributed by atoms with Gasteiger partial charge in [0, 0.05) is 12.1 Å². The van der Waals surface area contributed by atoms with Crippen LogP contribution in [0.25, 0.3) is 5.69 Å². The lowest BCUT2D eigenvalue weighted by atomic mass is 10.1. The normalized spacial score (nSPS) is 10.3. The van der Waals surface area contributed by atoms with Crippen LogP contribution in [0, 0.1) is 0 Å². The first kappa shape index (κ1) is 12.1. The molecule has 0 aliphatic rings. The van der Waals surface area contributed by atoms with Crippen LogP contribution in [-0.4, -0.2) is 33.0 Å². The predicted octanol–water partition coefficient (Wildman–Crippen LogP) is 1.54. The third kappa shape index (κ3) is 2.04. The number of methoxy groups -OCH3 is 1. The summed E-state index contributed by atoms with van der Waals surface area (Å²) < 4.78 is 6.77. The van der Waals surface area contributed by atoms with Crippen molar-refractivity contribution in [1.29, 1.82) is 0 Å². The van der Waals surface area contributed by atoms with E-state index in [0.717, 1.165) is 5.82 Å². The van der Waals surface area contributed by atoms with Gasteiger partial charge >= 0.3 is 5.97 Å². The SMILES string of the molecule is CCc1nncn1-c1ccc(OC)c(C(=O)O)c1. The monoisotopic (exact) mass is 247 g/mol. The largest absolute Gasteiger partial charge is 0.496 e. The maximum atomic E-state index is 11.1. The van der Waals surface area contributed by atoms with Crippen LogP contribution >= 0.6 is 0 Å². The van der Waals surface area contributed by atoms with Gasteiger partial charge < -0.3 is 9.84 Å². The van der Waals surface area contributed by atoms with Gasteiger partial charge in [0.2, 0.25) is 0 Å². The molecule has 0 saturated carbocycles. The van der Waals surface area contributed by atoms with E-state index in [1.165, 1.54) is 7.11 Å². The second-order valence-corrected chi connectivity index (χ2v) is 3.66. The quantitative estimate of drug-likeness (QED) is 0.886. The third-order valence-corrected chi connectivity index (χ3v) is 2.63. The zero-order valence-electron chi connectivity index (χ0n) is 10.1. The van der Waals surface area contributed by atoms with Gasteiger partial charge in [-0.2, -0.15) is 0 Å². The zero-order chi connectivity index (χ0) is 13.1. The first-order valence-electron chi connectivity index (χ1n) is 5.48. The number of rotatable bonds is 4. The van der Waals surface area contributed by atoms with Crippen LogP contribution in [0.4, 0.5) is 0 Å². The third-order valence-electron chi connectivity index (χ3n) is 2.63. The number of aromatic nitrogens is 3. The van der Waals surface area contributed by atoms with E-state index in [1.54, 1.807) is 29.1 Å². The van der Waals surface area contributed by atoms with Crippen molar-refractivity contribution in [3.8, 4) is 11.4 Å². The number of hydrogen-bond donors (Lipinski definition) is 1. The first-order valence-corrected chi connectivity index (χ1v) is 5.48. The number of ether oxygens (including phenoxy) is 1. The highest BCUT2D eigenvalue weighted by Gasteiger charge is 2.13. The molecular formula is C12H13N3O3. The molecule has 18 heavy (non-hydrogen) atoms. The molecule has 0 spiro atoms. The van der Waals surface area contributed by atoms with Gasteiger partial charge in [0.05, 0.1) is 7.11 Å². The molecule has 6 heteroatoms. The fraction of sp³-hybridized carbons (Fsp3) is 0.250. The van der Waals surface area contributed by atoms with E-state index >= 15 is 0 Å². The maximum absolute atomic E-state index is 11.1. The molecule has 1 N–H and O–H groups in total. The van der Waals surface area contributed by atoms with Crippen LogP contribution in [0.2, 0.25) is 0 Å². The lowest BCUT2D eigenvalue weighted by molar-refractivity contribution is 0.0693. The Morgan fingerprint density at radius 1 is 1.50 bits per heavy atom. The summed E-state index contributed by atoms with van der Waals surface area (Å²) in [6.07, 6.45) is 2.28. The van der Waals surface area contributed by atoms with E-state index in [9.17, 15) is 4.79 Å². The zero-order valence-corrected chi connectivity index (χ0v) is 10.1. The van der Waals surface area contributed by atoms with Crippen molar-refractivity contribution < 1.29 is 14.6 Å². The molecule has 2 rings (SSSR count). The molecule has 0 atom stereocenters. The number of hydrogen-bond acceptors (Lipinski definition) is 4. The summed E-state index contributed by atoms with van der Waals surface area (Å²) >= 11 is 0. The Balaban J connectivity index is 2.53. The van der Waals surface area contributed by atoms with Crippen LogP contribution < -0.4 is 4.74 Å². The molecule has 2 aromatic rings. The van der Waals surface area contributed by atoms with Crippen LogP contribution in [0.15, 0.2) is 24.5 Å². The van der Waals surface area contributed by atoms with Crippen molar-refractivity contribution in [2.45, 2.75) is 13.3 Å². The molecule has 0 fully saturated rings. The minimum absolute atomic E-state index is 0.116. The molecule has 0 unspecified atom stereocenters. The van der Waals surface area contributed by atoms with Crippen LogP contribution in [0.3, 0.4) is 0 Å². The topological polar surface area (TPSA) is 77.2 Å². The van der Waals surface area contributed by atoms with Gasteiger partial charge in [0.15, 0.2) is 0 Å². The number of carboxylic acids is 1. The molecule has 0 aliphatic carbocycles. The fourth-order valence-electron chi connectivity index (χ4n) is 1.73. The second kappa shape index (κ2) is 4.87. The number of aromatic carboxylic acids is 1. The Bertz CT molecular complexity index is 578. The van der Waals surface area contributed by atoms with Gasteiger partial charge in [-0.05, 0) is 18.2 Å². The van der Waals surface area contributed by atoms with E-state index in [2.05, 4.69) is 10.2 Å². The predicted molar refractivity (Wildman–Crippen MR) is 64.2 cm³/mol. The van der Waals surface area contributed by atoms with E-state index in [4.69, 9.17) is 9.84 Å². The Hall–Kier alpha value is -2.37. The van der Waals surface area contributed by atoms with Crippen molar-refractivity contribution >= 4 is 5.97 Å². The minimum atomic E-state index is -1.03. The van der Waals surface area contributed by atoms with Crippen molar-refractivity contribution in [1.82, 2.24) is 14.8 Å². The molecule has 0 saturated heterocycles. The number of carbonyl (C=O) groups is 1. The van der Waals surface area contributed by atoms with Crippen molar-refractivity contribution in [2.24, 2.45) is 0 Å². The van der Waals surface area contributed by atoms with E-state index in [0.29, 0.717) is 17.9 Å². The van der Waals surface area contributed by atoms with Crippen molar-refractivity contribution in [3.05, 3.63) is 35.9 Å². The van der Waals surface area contributed by atoms with Crippen LogP contribution in [0.5, 0.6) is 5.75 Å². The highest BCUT2D eigenvalue weighted by atomic mass is 16.5. The fourth-order valence-corrected chi connectivity index (χ4v) is 1.73. The van der Waals surface area contributed by atoms with Crippen LogP contribution in [0.1, 0.15) is 23.1 Å². The van der Waals surface area contributed by atoms with E-state index in [-0.39, 0.29) is 5.56 Å². The highest BCUT2D eigenvalue weighted by Crippen LogP contribution is 2.22. The summed E-state index contributed by atoms with van der Waals surface area (Å²) in [4.78, 5) is 11.1. The van der Waals surface area contributed by atoms with Crippen LogP contribution in [-0.2, 0) is 6.42 Å². The molecule has 1 aromatic heterocycles. The van der Waals surface area contributed by atoms with Gasteiger partial charge in [-0.25, -0.2) is 4.79 Å². The summed E-state index contributed by atoms with van der Waals surface area (Å²) in [5.74, 6) is 0.0775. The summed E-state index contributed by atoms with van der Waals surface area (Å²) in [5.41, 5.74) is 0.820. The van der Waals surface area contributed by atoms with Crippen molar-refractivity contribution in [2.75, 3.05) is 7.11 Å². The number of benzene rings is 1. The average Bonchev–Trinajstić information content (AvgIpc) is 2.86. The van der Waals surface area contributed by atoms with Gasteiger partial charge in [0.1, 0.15) is 23.5 Å². The summed E-state index contributed by atoms with van der Waals surface area (Å²) in [5, 5.41) is 16.9. The highest BCUT2D eigenvalue weighted by molar-refractivity contribution is 5.91. The Morgan fingerprint density at radius 3 is 2.89 bits per heavy atom. The van der Waals surface area contributed by atoms with Gasteiger partial charge in [0.25, 0.3) is 0 Å². The smallest absolute Gasteiger partial charge is 0.339 e. The lowest BCUT2D eigenvalue weighted by Gasteiger charge is -2.09. The first-order chi connectivity index (χ1) is 8.67. The molecule has 6 nitrogen and oxygen atoms in total. The Kier molecular flexibility index (Phi) is 3.27. The maximum Gasteiger partial charge on any atom is 0.339 e. The number of carboxylic acid groups (broad SMARTS) is 1. The molecule has 94 valence electrons. The molecule has 0 aliphatic heterocycles. The van der Waals surface area contributed by atoms with Gasteiger partial charge in [-0.15, -0.1) is 10.2 Å². The minimum Gasteiger partial charge on any atom is -0.496 e. The summed E-state index contributed by atoms with van der Waals surface area (Å²) in [7, 11) is 1.44. The van der Waals surface area contributed by atoms with Crippen molar-refractivity contribution in [3.63, 3.8) is 0 Å². The van der Waals surface area contributed by atoms with Gasteiger partial charge in [-0.1, -0.05) is 6.92 Å². The lowest BCUT2D eigenvalue weighted by Crippen LogP contribution is -2.04. The summed E-state index contributed by atoms with van der Waals surface area (Å²) in [6, 6.07) is 4.94. The molecule has 1 heterocycles. The molecule has 0 amide bonds. The number of nitrogens with zero attached hydrogens (tertiary/aromatic N) is 3. The molecular weight excluding hydrogens is 234 g/mol.